The highest BCUT2D eigenvalue weighted by Crippen LogP contribution is 2.29. The lowest BCUT2D eigenvalue weighted by atomic mass is 10.3. The Morgan fingerprint density at radius 1 is 1.64 bits per heavy atom. The quantitative estimate of drug-likeness (QED) is 0.841. The average Bonchev–Trinajstić information content (AvgIpc) is 2.55. The largest absolute Gasteiger partial charge is 0.478 e. The van der Waals surface area contributed by atoms with Crippen LogP contribution in [0.15, 0.2) is 16.9 Å². The molecule has 2 rings (SSSR count). The Balaban J connectivity index is 2.83. The highest BCUT2D eigenvalue weighted by atomic mass is 79.9. The Morgan fingerprint density at radius 3 is 3.00 bits per heavy atom. The third-order valence-electron chi connectivity index (χ3n) is 1.82. The SMILES string of the molecule is O=C(O)c1c[nH]c2c(Cl)c(Br)cnc12. The number of aromatic nitrogens is 2. The lowest BCUT2D eigenvalue weighted by Crippen LogP contribution is -1.94. The maximum atomic E-state index is 10.8. The van der Waals surface area contributed by atoms with Gasteiger partial charge in [0.2, 0.25) is 0 Å². The molecule has 0 saturated heterocycles. The molecule has 0 bridgehead atoms. The third kappa shape index (κ3) is 1.29. The van der Waals surface area contributed by atoms with Crippen LogP contribution in [-0.2, 0) is 0 Å². The number of hydrogen-bond acceptors (Lipinski definition) is 2. The van der Waals surface area contributed by atoms with Gasteiger partial charge in [0.25, 0.3) is 0 Å². The van der Waals surface area contributed by atoms with Crippen molar-refractivity contribution < 1.29 is 9.90 Å². The minimum Gasteiger partial charge on any atom is -0.478 e. The van der Waals surface area contributed by atoms with Gasteiger partial charge in [-0.05, 0) is 15.9 Å². The Bertz CT molecular complexity index is 523. The summed E-state index contributed by atoms with van der Waals surface area (Å²) in [5, 5.41) is 9.25. The Labute approximate surface area is 92.0 Å². The number of rotatable bonds is 1. The number of aromatic carboxylic acids is 1. The van der Waals surface area contributed by atoms with Crippen LogP contribution in [0.4, 0.5) is 0 Å². The summed E-state index contributed by atoms with van der Waals surface area (Å²) in [5.74, 6) is -1.03. The average molecular weight is 275 g/mol. The molecule has 2 heterocycles. The number of H-pyrrole nitrogens is 1. The molecular weight excluding hydrogens is 271 g/mol. The van der Waals surface area contributed by atoms with Crippen molar-refractivity contribution in [2.75, 3.05) is 0 Å². The molecule has 0 aromatic carbocycles. The van der Waals surface area contributed by atoms with Gasteiger partial charge in [-0.15, -0.1) is 0 Å². The molecule has 0 atom stereocenters. The van der Waals surface area contributed by atoms with Gasteiger partial charge in [-0.3, -0.25) is 4.98 Å². The van der Waals surface area contributed by atoms with Crippen LogP contribution in [0.3, 0.4) is 0 Å². The molecule has 0 amide bonds. The topological polar surface area (TPSA) is 66.0 Å². The Morgan fingerprint density at radius 2 is 2.36 bits per heavy atom. The fraction of sp³-hybridized carbons (Fsp3) is 0. The van der Waals surface area contributed by atoms with Crippen molar-refractivity contribution >= 4 is 44.5 Å². The summed E-state index contributed by atoms with van der Waals surface area (Å²) < 4.78 is 0.630. The van der Waals surface area contributed by atoms with Gasteiger partial charge >= 0.3 is 5.97 Å². The molecule has 2 aromatic heterocycles. The first-order valence-electron chi connectivity index (χ1n) is 3.65. The first kappa shape index (κ1) is 9.48. The molecule has 4 nitrogen and oxygen atoms in total. The summed E-state index contributed by atoms with van der Waals surface area (Å²) in [7, 11) is 0. The van der Waals surface area contributed by atoms with E-state index in [1.165, 1.54) is 12.4 Å². The van der Waals surface area contributed by atoms with E-state index in [2.05, 4.69) is 25.9 Å². The number of carbonyl (C=O) groups is 1. The molecule has 2 aromatic rings. The van der Waals surface area contributed by atoms with Crippen molar-refractivity contribution in [3.8, 4) is 0 Å². The standard InChI is InChI=1S/C8H4BrClN2O2/c9-4-2-12-6-3(8(13)14)1-11-7(6)5(4)10/h1-2,11H,(H,13,14). The van der Waals surface area contributed by atoms with E-state index in [9.17, 15) is 4.79 Å². The number of nitrogens with one attached hydrogen (secondary N) is 1. The third-order valence-corrected chi connectivity index (χ3v) is 3.04. The molecule has 0 radical (unpaired) electrons. The number of fused-ring (bicyclic) bond motifs is 1. The van der Waals surface area contributed by atoms with Crippen LogP contribution in [-0.4, -0.2) is 21.0 Å². The zero-order chi connectivity index (χ0) is 10.3. The Hall–Kier alpha value is -1.07. The first-order chi connectivity index (χ1) is 6.61. The summed E-state index contributed by atoms with van der Waals surface area (Å²) in [6.07, 6.45) is 2.85. The summed E-state index contributed by atoms with van der Waals surface area (Å²) in [4.78, 5) is 17.5. The Kier molecular flexibility index (Phi) is 2.20. The zero-order valence-corrected chi connectivity index (χ0v) is 9.06. The highest BCUT2D eigenvalue weighted by Gasteiger charge is 2.14. The lowest BCUT2D eigenvalue weighted by molar-refractivity contribution is 0.0699. The van der Waals surface area contributed by atoms with Crippen LogP contribution in [0.25, 0.3) is 11.0 Å². The molecule has 0 fully saturated rings. The molecule has 2 N–H and O–H groups in total. The first-order valence-corrected chi connectivity index (χ1v) is 4.82. The normalized spacial score (nSPS) is 10.7. The van der Waals surface area contributed by atoms with Crippen LogP contribution in [0, 0.1) is 0 Å². The highest BCUT2D eigenvalue weighted by molar-refractivity contribution is 9.10. The predicted molar refractivity (Wildman–Crippen MR) is 55.8 cm³/mol. The number of halogens is 2. The number of carboxylic acids is 1. The van der Waals surface area contributed by atoms with E-state index in [1.807, 2.05) is 0 Å². The molecule has 0 aliphatic carbocycles. The van der Waals surface area contributed by atoms with E-state index in [0.717, 1.165) is 0 Å². The van der Waals surface area contributed by atoms with Crippen LogP contribution in [0.1, 0.15) is 10.4 Å². The fourth-order valence-corrected chi connectivity index (χ4v) is 1.67. The molecule has 14 heavy (non-hydrogen) atoms. The molecule has 0 saturated carbocycles. The second kappa shape index (κ2) is 3.25. The van der Waals surface area contributed by atoms with Gasteiger partial charge in [0.1, 0.15) is 11.1 Å². The van der Waals surface area contributed by atoms with E-state index in [-0.39, 0.29) is 5.56 Å². The van der Waals surface area contributed by atoms with Crippen molar-refractivity contribution in [3.63, 3.8) is 0 Å². The van der Waals surface area contributed by atoms with E-state index < -0.39 is 5.97 Å². The van der Waals surface area contributed by atoms with Gasteiger partial charge in [0, 0.05) is 12.4 Å². The molecule has 0 aliphatic heterocycles. The number of aromatic amines is 1. The fourth-order valence-electron chi connectivity index (χ4n) is 1.18. The van der Waals surface area contributed by atoms with Crippen molar-refractivity contribution in [2.45, 2.75) is 0 Å². The van der Waals surface area contributed by atoms with Gasteiger partial charge in [-0.1, -0.05) is 11.6 Å². The molecular formula is C8H4BrClN2O2. The summed E-state index contributed by atoms with van der Waals surface area (Å²) in [6.45, 7) is 0. The number of carboxylic acid groups (broad SMARTS) is 1. The molecule has 0 spiro atoms. The van der Waals surface area contributed by atoms with Crippen LogP contribution < -0.4 is 0 Å². The van der Waals surface area contributed by atoms with Gasteiger partial charge in [-0.2, -0.15) is 0 Å². The number of nitrogens with zero attached hydrogens (tertiary/aromatic N) is 1. The van der Waals surface area contributed by atoms with E-state index in [1.54, 1.807) is 0 Å². The van der Waals surface area contributed by atoms with E-state index >= 15 is 0 Å². The smallest absolute Gasteiger partial charge is 0.339 e. The van der Waals surface area contributed by atoms with Gasteiger partial charge in [-0.25, -0.2) is 4.79 Å². The van der Waals surface area contributed by atoms with Crippen LogP contribution >= 0.6 is 27.5 Å². The van der Waals surface area contributed by atoms with Crippen molar-refractivity contribution in [1.29, 1.82) is 0 Å². The summed E-state index contributed by atoms with van der Waals surface area (Å²) in [5.41, 5.74) is 1.01. The van der Waals surface area contributed by atoms with E-state index in [4.69, 9.17) is 16.7 Å². The van der Waals surface area contributed by atoms with Crippen LogP contribution in [0.5, 0.6) is 0 Å². The maximum absolute atomic E-state index is 10.8. The summed E-state index contributed by atoms with van der Waals surface area (Å²) >= 11 is 9.13. The minimum atomic E-state index is -1.03. The second-order valence-corrected chi connectivity index (χ2v) is 3.88. The molecule has 6 heteroatoms. The molecule has 72 valence electrons. The number of hydrogen-bond donors (Lipinski definition) is 2. The summed E-state index contributed by atoms with van der Waals surface area (Å²) in [6, 6.07) is 0. The van der Waals surface area contributed by atoms with Gasteiger partial charge < -0.3 is 10.1 Å². The van der Waals surface area contributed by atoms with E-state index in [0.29, 0.717) is 20.5 Å². The lowest BCUT2D eigenvalue weighted by Gasteiger charge is -1.96. The van der Waals surface area contributed by atoms with Crippen molar-refractivity contribution in [2.24, 2.45) is 0 Å². The maximum Gasteiger partial charge on any atom is 0.339 e. The number of pyridine rings is 1. The van der Waals surface area contributed by atoms with Gasteiger partial charge in [0.05, 0.1) is 15.0 Å². The minimum absolute atomic E-state index is 0.120. The second-order valence-electron chi connectivity index (χ2n) is 2.65. The van der Waals surface area contributed by atoms with Gasteiger partial charge in [0.15, 0.2) is 0 Å². The zero-order valence-electron chi connectivity index (χ0n) is 6.71. The molecule has 0 aliphatic rings. The monoisotopic (exact) mass is 274 g/mol. The molecule has 0 unspecified atom stereocenters. The van der Waals surface area contributed by atoms with Crippen molar-refractivity contribution in [1.82, 2.24) is 9.97 Å². The van der Waals surface area contributed by atoms with Crippen LogP contribution in [0.2, 0.25) is 5.02 Å². The van der Waals surface area contributed by atoms with Crippen molar-refractivity contribution in [3.05, 3.63) is 27.5 Å². The predicted octanol–water partition coefficient (Wildman–Crippen LogP) is 2.68.